The Labute approximate surface area is 94.3 Å². The molecule has 0 saturated carbocycles. The van der Waals surface area contributed by atoms with Crippen molar-refractivity contribution >= 4 is 17.7 Å². The molecule has 1 aliphatic heterocycles. The van der Waals surface area contributed by atoms with Gasteiger partial charge < -0.3 is 10.4 Å². The second-order valence-corrected chi connectivity index (χ2v) is 5.49. The van der Waals surface area contributed by atoms with Gasteiger partial charge in [0.05, 0.1) is 5.25 Å². The van der Waals surface area contributed by atoms with Crippen molar-refractivity contribution in [2.45, 2.75) is 30.6 Å². The number of carbonyl (C=O) groups excluding carboxylic acids is 1. The number of aliphatic hydroxyl groups is 1. The van der Waals surface area contributed by atoms with Crippen LogP contribution >= 0.6 is 11.8 Å². The maximum absolute atomic E-state index is 11.8. The monoisotopic (exact) mass is 227 g/mol. The number of rotatable bonds is 3. The SMILES string of the molecule is O=C(N[C@@H]1C=C[C@H](CO)C1)C1CCCS1. The summed E-state index contributed by atoms with van der Waals surface area (Å²) in [5.41, 5.74) is 0. The molecule has 2 rings (SSSR count). The van der Waals surface area contributed by atoms with Gasteiger partial charge in [0.25, 0.3) is 0 Å². The highest BCUT2D eigenvalue weighted by atomic mass is 32.2. The molecule has 1 saturated heterocycles. The molecule has 0 spiro atoms. The maximum atomic E-state index is 11.8. The van der Waals surface area contributed by atoms with E-state index < -0.39 is 0 Å². The summed E-state index contributed by atoms with van der Waals surface area (Å²) >= 11 is 1.75. The van der Waals surface area contributed by atoms with Gasteiger partial charge in [0.2, 0.25) is 5.91 Å². The highest BCUT2D eigenvalue weighted by Crippen LogP contribution is 2.26. The van der Waals surface area contributed by atoms with E-state index in [4.69, 9.17) is 5.11 Å². The molecule has 0 bridgehead atoms. The summed E-state index contributed by atoms with van der Waals surface area (Å²) in [7, 11) is 0. The van der Waals surface area contributed by atoms with Crippen molar-refractivity contribution in [2.24, 2.45) is 5.92 Å². The number of hydrogen-bond donors (Lipinski definition) is 2. The number of amides is 1. The smallest absolute Gasteiger partial charge is 0.233 e. The molecule has 1 unspecified atom stereocenters. The van der Waals surface area contributed by atoms with Crippen LogP contribution in [-0.4, -0.2) is 34.7 Å². The van der Waals surface area contributed by atoms with E-state index in [-0.39, 0.29) is 29.7 Å². The molecular formula is C11H17NO2S. The van der Waals surface area contributed by atoms with Gasteiger partial charge in [-0.2, -0.15) is 0 Å². The Bertz CT molecular complexity index is 261. The van der Waals surface area contributed by atoms with Crippen LogP contribution in [-0.2, 0) is 4.79 Å². The minimum Gasteiger partial charge on any atom is -0.396 e. The summed E-state index contributed by atoms with van der Waals surface area (Å²) in [5.74, 6) is 1.51. The first-order valence-electron chi connectivity index (χ1n) is 5.51. The van der Waals surface area contributed by atoms with Crippen molar-refractivity contribution in [2.75, 3.05) is 12.4 Å². The van der Waals surface area contributed by atoms with Crippen LogP contribution < -0.4 is 5.32 Å². The van der Waals surface area contributed by atoms with Crippen LogP contribution in [0.1, 0.15) is 19.3 Å². The summed E-state index contributed by atoms with van der Waals surface area (Å²) < 4.78 is 0. The van der Waals surface area contributed by atoms with E-state index in [0.717, 1.165) is 25.0 Å². The lowest BCUT2D eigenvalue weighted by molar-refractivity contribution is -0.121. The van der Waals surface area contributed by atoms with E-state index in [1.807, 2.05) is 12.2 Å². The van der Waals surface area contributed by atoms with E-state index >= 15 is 0 Å². The van der Waals surface area contributed by atoms with Crippen molar-refractivity contribution in [1.82, 2.24) is 5.32 Å². The lowest BCUT2D eigenvalue weighted by Gasteiger charge is -2.15. The zero-order valence-electron chi connectivity index (χ0n) is 8.69. The number of thioether (sulfide) groups is 1. The van der Waals surface area contributed by atoms with Crippen LogP contribution in [0.4, 0.5) is 0 Å². The summed E-state index contributed by atoms with van der Waals surface area (Å²) in [6.07, 6.45) is 7.00. The second kappa shape index (κ2) is 5.03. The quantitative estimate of drug-likeness (QED) is 0.705. The van der Waals surface area contributed by atoms with E-state index in [1.54, 1.807) is 11.8 Å². The first kappa shape index (κ1) is 11.0. The lowest BCUT2D eigenvalue weighted by atomic mass is 10.1. The molecule has 3 atom stereocenters. The fourth-order valence-electron chi connectivity index (χ4n) is 2.08. The Kier molecular flexibility index (Phi) is 3.70. The summed E-state index contributed by atoms with van der Waals surface area (Å²) in [4.78, 5) is 11.8. The molecule has 0 aromatic heterocycles. The number of aliphatic hydroxyl groups excluding tert-OH is 1. The van der Waals surface area contributed by atoms with Gasteiger partial charge >= 0.3 is 0 Å². The molecule has 1 heterocycles. The number of carbonyl (C=O) groups is 1. The van der Waals surface area contributed by atoms with Gasteiger partial charge in [-0.05, 0) is 25.0 Å². The predicted molar refractivity (Wildman–Crippen MR) is 61.7 cm³/mol. The normalized spacial score (nSPS) is 34.6. The Morgan fingerprint density at radius 3 is 3.00 bits per heavy atom. The minimum atomic E-state index is 0.135. The third kappa shape index (κ3) is 2.75. The van der Waals surface area contributed by atoms with Gasteiger partial charge in [0.1, 0.15) is 0 Å². The summed E-state index contributed by atoms with van der Waals surface area (Å²) in [5, 5.41) is 12.1. The van der Waals surface area contributed by atoms with Gasteiger partial charge in [-0.1, -0.05) is 12.2 Å². The molecule has 0 radical (unpaired) electrons. The Morgan fingerprint density at radius 1 is 1.53 bits per heavy atom. The first-order valence-corrected chi connectivity index (χ1v) is 6.55. The Morgan fingerprint density at radius 2 is 2.40 bits per heavy atom. The van der Waals surface area contributed by atoms with E-state index in [9.17, 15) is 4.79 Å². The van der Waals surface area contributed by atoms with Crippen LogP contribution in [0, 0.1) is 5.92 Å². The summed E-state index contributed by atoms with van der Waals surface area (Å²) in [6, 6.07) is 0.135. The Hall–Kier alpha value is -0.480. The zero-order chi connectivity index (χ0) is 10.7. The van der Waals surface area contributed by atoms with Crippen molar-refractivity contribution in [3.8, 4) is 0 Å². The summed E-state index contributed by atoms with van der Waals surface area (Å²) in [6.45, 7) is 0.182. The lowest BCUT2D eigenvalue weighted by Crippen LogP contribution is -2.38. The Balaban J connectivity index is 1.77. The molecule has 0 aromatic rings. The van der Waals surface area contributed by atoms with Crippen LogP contribution in [0.15, 0.2) is 12.2 Å². The van der Waals surface area contributed by atoms with E-state index in [0.29, 0.717) is 0 Å². The van der Waals surface area contributed by atoms with Crippen molar-refractivity contribution < 1.29 is 9.90 Å². The molecule has 84 valence electrons. The van der Waals surface area contributed by atoms with Gasteiger partial charge in [0.15, 0.2) is 0 Å². The molecule has 1 amide bonds. The molecule has 1 aliphatic carbocycles. The van der Waals surface area contributed by atoms with Gasteiger partial charge in [-0.25, -0.2) is 0 Å². The molecule has 1 fully saturated rings. The van der Waals surface area contributed by atoms with Gasteiger partial charge in [-0.15, -0.1) is 11.8 Å². The molecule has 4 heteroatoms. The second-order valence-electron chi connectivity index (χ2n) is 4.18. The molecule has 2 N–H and O–H groups in total. The van der Waals surface area contributed by atoms with Crippen molar-refractivity contribution in [3.63, 3.8) is 0 Å². The third-order valence-corrected chi connectivity index (χ3v) is 4.33. The molecule has 3 nitrogen and oxygen atoms in total. The van der Waals surface area contributed by atoms with Gasteiger partial charge in [-0.3, -0.25) is 4.79 Å². The van der Waals surface area contributed by atoms with E-state index in [1.165, 1.54) is 0 Å². The molecule has 2 aliphatic rings. The minimum absolute atomic E-state index is 0.135. The van der Waals surface area contributed by atoms with Crippen LogP contribution in [0.25, 0.3) is 0 Å². The average molecular weight is 227 g/mol. The largest absolute Gasteiger partial charge is 0.396 e. The van der Waals surface area contributed by atoms with E-state index in [2.05, 4.69) is 5.32 Å². The van der Waals surface area contributed by atoms with Gasteiger partial charge in [0, 0.05) is 18.6 Å². The zero-order valence-corrected chi connectivity index (χ0v) is 9.50. The molecular weight excluding hydrogens is 210 g/mol. The topological polar surface area (TPSA) is 49.3 Å². The van der Waals surface area contributed by atoms with Crippen LogP contribution in [0.5, 0.6) is 0 Å². The first-order chi connectivity index (χ1) is 7.29. The molecule has 0 aromatic carbocycles. The fourth-order valence-corrected chi connectivity index (χ4v) is 3.25. The average Bonchev–Trinajstić information content (AvgIpc) is 2.87. The maximum Gasteiger partial charge on any atom is 0.233 e. The standard InChI is InChI=1S/C11H17NO2S/c13-7-8-3-4-9(6-8)12-11(14)10-2-1-5-15-10/h3-4,8-10,13H,1-2,5-7H2,(H,12,14)/t8-,9+,10?/m0/s1. The van der Waals surface area contributed by atoms with Crippen LogP contribution in [0.3, 0.4) is 0 Å². The van der Waals surface area contributed by atoms with Crippen molar-refractivity contribution in [1.29, 1.82) is 0 Å². The number of nitrogens with one attached hydrogen (secondary N) is 1. The highest BCUT2D eigenvalue weighted by molar-refractivity contribution is 8.00. The predicted octanol–water partition coefficient (Wildman–Crippen LogP) is 0.935. The fraction of sp³-hybridized carbons (Fsp3) is 0.727. The highest BCUT2D eigenvalue weighted by Gasteiger charge is 2.26. The number of hydrogen-bond acceptors (Lipinski definition) is 3. The van der Waals surface area contributed by atoms with Crippen molar-refractivity contribution in [3.05, 3.63) is 12.2 Å². The third-order valence-electron chi connectivity index (χ3n) is 2.96. The van der Waals surface area contributed by atoms with Crippen LogP contribution in [0.2, 0.25) is 0 Å². The molecule has 15 heavy (non-hydrogen) atoms.